The molecule has 16 heavy (non-hydrogen) atoms. The number of nitrogens with two attached hydrogens (primary N) is 1. The fourth-order valence-electron chi connectivity index (χ4n) is 1.47. The maximum Gasteiger partial charge on any atom is 0.125 e. The number of benzene rings is 1. The Morgan fingerprint density at radius 1 is 1.44 bits per heavy atom. The number of halogens is 2. The summed E-state index contributed by atoms with van der Waals surface area (Å²) in [6.07, 6.45) is 0.638. The van der Waals surface area contributed by atoms with Gasteiger partial charge in [0, 0.05) is 24.2 Å². The second kappa shape index (κ2) is 6.81. The molecular weight excluding hydrogens is 231 g/mol. The van der Waals surface area contributed by atoms with Gasteiger partial charge in [0.05, 0.1) is 0 Å². The molecule has 0 aliphatic rings. The van der Waals surface area contributed by atoms with Gasteiger partial charge in [-0.2, -0.15) is 0 Å². The average Bonchev–Trinajstić information content (AvgIpc) is 2.23. The van der Waals surface area contributed by atoms with E-state index in [2.05, 4.69) is 5.32 Å². The van der Waals surface area contributed by atoms with Crippen molar-refractivity contribution >= 4 is 11.6 Å². The molecule has 0 amide bonds. The lowest BCUT2D eigenvalue weighted by Crippen LogP contribution is -2.29. The lowest BCUT2D eigenvalue weighted by atomic mass is 10.1. The molecule has 0 spiro atoms. The van der Waals surface area contributed by atoms with Crippen LogP contribution in [0.3, 0.4) is 0 Å². The van der Waals surface area contributed by atoms with Crippen LogP contribution in [0.25, 0.3) is 0 Å². The van der Waals surface area contributed by atoms with Crippen molar-refractivity contribution in [3.63, 3.8) is 0 Å². The van der Waals surface area contributed by atoms with Crippen molar-refractivity contribution < 1.29 is 9.50 Å². The minimum Gasteiger partial charge on any atom is -0.396 e. The smallest absolute Gasteiger partial charge is 0.125 e. The molecule has 0 aliphatic heterocycles. The fraction of sp³-hybridized carbons (Fsp3) is 0.455. The number of nitrogens with one attached hydrogen (secondary N) is 1. The standard InChI is InChI=1S/C11H16ClFN2O/c12-9-4-8(5-10(13)6-9)11(7-14)15-2-1-3-16/h4-6,11,15-16H,1-3,7,14H2. The molecule has 1 rings (SSSR count). The first-order valence-corrected chi connectivity index (χ1v) is 5.55. The van der Waals surface area contributed by atoms with Crippen LogP contribution in [-0.2, 0) is 0 Å². The highest BCUT2D eigenvalue weighted by molar-refractivity contribution is 6.30. The van der Waals surface area contributed by atoms with E-state index in [4.69, 9.17) is 22.4 Å². The van der Waals surface area contributed by atoms with Crippen molar-refractivity contribution in [1.29, 1.82) is 0 Å². The predicted octanol–water partition coefficient (Wildman–Crippen LogP) is 1.45. The van der Waals surface area contributed by atoms with Crippen molar-refractivity contribution in [3.05, 3.63) is 34.6 Å². The molecule has 4 N–H and O–H groups in total. The molecule has 0 aromatic heterocycles. The number of aliphatic hydroxyl groups excluding tert-OH is 1. The topological polar surface area (TPSA) is 58.3 Å². The quantitative estimate of drug-likeness (QED) is 0.666. The second-order valence-electron chi connectivity index (χ2n) is 3.52. The minimum absolute atomic E-state index is 0.119. The number of aliphatic hydroxyl groups is 1. The molecule has 0 bridgehead atoms. The van der Waals surface area contributed by atoms with Gasteiger partial charge in [-0.1, -0.05) is 11.6 Å². The van der Waals surface area contributed by atoms with Gasteiger partial charge in [0.25, 0.3) is 0 Å². The summed E-state index contributed by atoms with van der Waals surface area (Å²) < 4.78 is 13.1. The van der Waals surface area contributed by atoms with E-state index in [0.717, 1.165) is 5.56 Å². The van der Waals surface area contributed by atoms with E-state index in [-0.39, 0.29) is 18.5 Å². The van der Waals surface area contributed by atoms with Crippen molar-refractivity contribution in [2.24, 2.45) is 5.73 Å². The minimum atomic E-state index is -0.370. The summed E-state index contributed by atoms with van der Waals surface area (Å²) in [5.74, 6) is -0.370. The second-order valence-corrected chi connectivity index (χ2v) is 3.96. The molecule has 0 saturated carbocycles. The van der Waals surface area contributed by atoms with Crippen molar-refractivity contribution in [1.82, 2.24) is 5.32 Å². The zero-order chi connectivity index (χ0) is 12.0. The lowest BCUT2D eigenvalue weighted by Gasteiger charge is -2.17. The Morgan fingerprint density at radius 3 is 2.75 bits per heavy atom. The Morgan fingerprint density at radius 2 is 2.19 bits per heavy atom. The van der Waals surface area contributed by atoms with E-state index >= 15 is 0 Å². The van der Waals surface area contributed by atoms with Crippen LogP contribution in [0.4, 0.5) is 4.39 Å². The molecule has 3 nitrogen and oxygen atoms in total. The maximum atomic E-state index is 13.1. The molecule has 1 unspecified atom stereocenters. The van der Waals surface area contributed by atoms with Crippen LogP contribution in [-0.4, -0.2) is 24.8 Å². The Kier molecular flexibility index (Phi) is 5.69. The molecule has 1 aromatic carbocycles. The molecule has 1 atom stereocenters. The first-order chi connectivity index (χ1) is 7.67. The highest BCUT2D eigenvalue weighted by Gasteiger charge is 2.10. The molecule has 1 aromatic rings. The Balaban J connectivity index is 2.70. The molecule has 0 heterocycles. The summed E-state index contributed by atoms with van der Waals surface area (Å²) in [6, 6.07) is 4.22. The molecule has 0 fully saturated rings. The number of rotatable bonds is 6. The maximum absolute atomic E-state index is 13.1. The van der Waals surface area contributed by atoms with E-state index in [9.17, 15) is 4.39 Å². The average molecular weight is 247 g/mol. The SMILES string of the molecule is NCC(NCCCO)c1cc(F)cc(Cl)c1. The summed E-state index contributed by atoms with van der Waals surface area (Å²) >= 11 is 5.76. The van der Waals surface area contributed by atoms with E-state index in [1.807, 2.05) is 0 Å². The van der Waals surface area contributed by atoms with Gasteiger partial charge in [-0.05, 0) is 36.7 Å². The van der Waals surface area contributed by atoms with Crippen LogP contribution in [0.2, 0.25) is 5.02 Å². The third kappa shape index (κ3) is 4.06. The number of hydrogen-bond acceptors (Lipinski definition) is 3. The monoisotopic (exact) mass is 246 g/mol. The van der Waals surface area contributed by atoms with Gasteiger partial charge in [-0.3, -0.25) is 0 Å². The van der Waals surface area contributed by atoms with Gasteiger partial charge >= 0.3 is 0 Å². The van der Waals surface area contributed by atoms with Crippen molar-refractivity contribution in [3.8, 4) is 0 Å². The third-order valence-corrected chi connectivity index (χ3v) is 2.47. The van der Waals surface area contributed by atoms with Crippen molar-refractivity contribution in [2.45, 2.75) is 12.5 Å². The first kappa shape index (κ1) is 13.4. The van der Waals surface area contributed by atoms with Crippen LogP contribution in [0.1, 0.15) is 18.0 Å². The molecule has 0 radical (unpaired) electrons. The van der Waals surface area contributed by atoms with Gasteiger partial charge in [-0.25, -0.2) is 4.39 Å². The van der Waals surface area contributed by atoms with Crippen LogP contribution in [0, 0.1) is 5.82 Å². The summed E-state index contributed by atoms with van der Waals surface area (Å²) in [6.45, 7) is 1.10. The normalized spacial score (nSPS) is 12.8. The van der Waals surface area contributed by atoms with Gasteiger partial charge in [0.1, 0.15) is 5.82 Å². The van der Waals surface area contributed by atoms with E-state index in [0.29, 0.717) is 24.5 Å². The Bertz CT molecular complexity index is 316. The van der Waals surface area contributed by atoms with E-state index in [1.54, 1.807) is 6.07 Å². The predicted molar refractivity (Wildman–Crippen MR) is 62.9 cm³/mol. The lowest BCUT2D eigenvalue weighted by molar-refractivity contribution is 0.283. The third-order valence-electron chi connectivity index (χ3n) is 2.25. The zero-order valence-corrected chi connectivity index (χ0v) is 9.67. The highest BCUT2D eigenvalue weighted by atomic mass is 35.5. The Labute approximate surface area is 99.4 Å². The molecule has 90 valence electrons. The highest BCUT2D eigenvalue weighted by Crippen LogP contribution is 2.19. The summed E-state index contributed by atoms with van der Waals surface area (Å²) in [5, 5.41) is 12.1. The van der Waals surface area contributed by atoms with Gasteiger partial charge in [-0.15, -0.1) is 0 Å². The van der Waals surface area contributed by atoms with Gasteiger partial charge in [0.15, 0.2) is 0 Å². The number of hydrogen-bond donors (Lipinski definition) is 3. The van der Waals surface area contributed by atoms with E-state index < -0.39 is 0 Å². The fourth-order valence-corrected chi connectivity index (χ4v) is 1.70. The molecule has 5 heteroatoms. The van der Waals surface area contributed by atoms with Gasteiger partial charge in [0.2, 0.25) is 0 Å². The summed E-state index contributed by atoms with van der Waals surface area (Å²) in [5.41, 5.74) is 6.32. The van der Waals surface area contributed by atoms with E-state index in [1.165, 1.54) is 12.1 Å². The largest absolute Gasteiger partial charge is 0.396 e. The summed E-state index contributed by atoms with van der Waals surface area (Å²) in [4.78, 5) is 0. The van der Waals surface area contributed by atoms with Gasteiger partial charge < -0.3 is 16.2 Å². The van der Waals surface area contributed by atoms with Crippen LogP contribution >= 0.6 is 11.6 Å². The van der Waals surface area contributed by atoms with Crippen LogP contribution in [0.5, 0.6) is 0 Å². The van der Waals surface area contributed by atoms with Crippen LogP contribution < -0.4 is 11.1 Å². The molecular formula is C11H16ClFN2O. The molecule has 0 aliphatic carbocycles. The van der Waals surface area contributed by atoms with Crippen molar-refractivity contribution in [2.75, 3.05) is 19.7 Å². The van der Waals surface area contributed by atoms with Crippen LogP contribution in [0.15, 0.2) is 18.2 Å². The molecule has 0 saturated heterocycles. The first-order valence-electron chi connectivity index (χ1n) is 5.17. The summed E-state index contributed by atoms with van der Waals surface area (Å²) in [7, 11) is 0. The Hall–Kier alpha value is -0.680. The zero-order valence-electron chi connectivity index (χ0n) is 8.92.